The lowest BCUT2D eigenvalue weighted by Crippen LogP contribution is -2.47. The quantitative estimate of drug-likeness (QED) is 0.246. The number of pyridine rings is 1. The van der Waals surface area contributed by atoms with E-state index in [2.05, 4.69) is 41.3 Å². The smallest absolute Gasteiger partial charge is 0.248 e. The van der Waals surface area contributed by atoms with Gasteiger partial charge in [0.2, 0.25) is 11.8 Å². The van der Waals surface area contributed by atoms with Crippen LogP contribution in [0, 0.1) is 12.3 Å². The van der Waals surface area contributed by atoms with Gasteiger partial charge >= 0.3 is 0 Å². The highest BCUT2D eigenvalue weighted by Crippen LogP contribution is 2.60. The van der Waals surface area contributed by atoms with Crippen molar-refractivity contribution in [2.75, 3.05) is 38.4 Å². The Morgan fingerprint density at radius 1 is 1.02 bits per heavy atom. The number of piperidine rings is 1. The van der Waals surface area contributed by atoms with Crippen molar-refractivity contribution in [1.82, 2.24) is 29.6 Å². The number of anilines is 1. The number of hydrogen-bond donors (Lipinski definition) is 1. The van der Waals surface area contributed by atoms with Gasteiger partial charge in [0.1, 0.15) is 34.5 Å². The largest absolute Gasteiger partial charge is 0.378 e. The van der Waals surface area contributed by atoms with Crippen LogP contribution in [0.15, 0.2) is 47.3 Å². The highest BCUT2D eigenvalue weighted by Gasteiger charge is 2.67. The monoisotopic (exact) mass is 703 g/mol. The molecule has 2 amide bonds. The van der Waals surface area contributed by atoms with E-state index in [0.29, 0.717) is 72.2 Å². The minimum absolute atomic E-state index is 0.143. The molecule has 2 bridgehead atoms. The number of halogens is 1. The first-order chi connectivity index (χ1) is 22.7. The van der Waals surface area contributed by atoms with Crippen molar-refractivity contribution in [2.24, 2.45) is 5.41 Å². The van der Waals surface area contributed by atoms with Crippen molar-refractivity contribution in [3.63, 3.8) is 0 Å². The van der Waals surface area contributed by atoms with Gasteiger partial charge in [-0.05, 0) is 59.5 Å². The second kappa shape index (κ2) is 12.8. The van der Waals surface area contributed by atoms with Crippen LogP contribution in [0.2, 0.25) is 0 Å². The van der Waals surface area contributed by atoms with Gasteiger partial charge in [0.15, 0.2) is 5.78 Å². The predicted molar refractivity (Wildman–Crippen MR) is 173 cm³/mol. The third-order valence-corrected chi connectivity index (χ3v) is 9.51. The lowest BCUT2D eigenvalue weighted by atomic mass is 10.00. The van der Waals surface area contributed by atoms with E-state index in [4.69, 9.17) is 14.2 Å². The number of ketones is 1. The molecule has 14 heteroatoms. The van der Waals surface area contributed by atoms with Crippen LogP contribution in [0.25, 0.3) is 22.0 Å². The molecule has 0 radical (unpaired) electrons. The molecule has 1 saturated carbocycles. The van der Waals surface area contributed by atoms with E-state index in [0.717, 1.165) is 17.5 Å². The summed E-state index contributed by atoms with van der Waals surface area (Å²) in [4.78, 5) is 55.5. The standard InChI is InChI=1S/C33H34BrN7O6/c1-19(42)30-24-11-21(23-14-35-20(2)36-15-23)3-5-25(24)40(39-30)16-29(43)41-26-12-33(13-27(33)41)18-47-10-8-45-7-9-46-17-22-4-6-28(34)37-31(22)38-32(26)44/h3-6,11,14-15,26-27H,7-10,12-13,16-18H2,1-2H3,(H,37,38,44)/t26-,27+,33-/m0/s1. The number of Topliss-reactive ketones (excluding diaryl/α,β-unsaturated/α-hetero) is 1. The number of carbonyl (C=O) groups is 3. The number of ether oxygens (including phenoxy) is 3. The second-order valence-corrected chi connectivity index (χ2v) is 13.1. The van der Waals surface area contributed by atoms with Crippen LogP contribution in [-0.4, -0.2) is 92.3 Å². The average molecular weight is 705 g/mol. The number of hydrogen-bond acceptors (Lipinski definition) is 10. The molecule has 5 heterocycles. The number of fused-ring (bicyclic) bond motifs is 3. The summed E-state index contributed by atoms with van der Waals surface area (Å²) in [7, 11) is 0. The molecule has 3 aliphatic rings. The number of nitrogens with one attached hydrogen (secondary N) is 1. The molecular weight excluding hydrogens is 670 g/mol. The Labute approximate surface area is 279 Å². The molecule has 2 aliphatic heterocycles. The Kier molecular flexibility index (Phi) is 8.59. The van der Waals surface area contributed by atoms with Crippen molar-refractivity contribution < 1.29 is 28.6 Å². The summed E-state index contributed by atoms with van der Waals surface area (Å²) in [6, 6.07) is 8.33. The average Bonchev–Trinajstić information content (AvgIpc) is 3.46. The summed E-state index contributed by atoms with van der Waals surface area (Å²) in [6.45, 7) is 5.41. The molecule has 3 aromatic heterocycles. The minimum Gasteiger partial charge on any atom is -0.378 e. The van der Waals surface area contributed by atoms with Crippen molar-refractivity contribution in [3.8, 4) is 11.1 Å². The van der Waals surface area contributed by atoms with Gasteiger partial charge < -0.3 is 24.4 Å². The molecule has 1 aromatic carbocycles. The molecule has 47 heavy (non-hydrogen) atoms. The van der Waals surface area contributed by atoms with E-state index in [-0.39, 0.29) is 47.9 Å². The number of benzene rings is 1. The van der Waals surface area contributed by atoms with E-state index < -0.39 is 6.04 Å². The number of likely N-dealkylation sites (tertiary alicyclic amines) is 1. The molecule has 1 aliphatic carbocycles. The Morgan fingerprint density at radius 2 is 1.79 bits per heavy atom. The van der Waals surface area contributed by atoms with Gasteiger partial charge in [0, 0.05) is 47.3 Å². The molecule has 0 unspecified atom stereocenters. The molecule has 1 N–H and O–H groups in total. The SMILES string of the molecule is CC(=O)c1nn(CC(=O)N2[C@H]3C[C@@]4(COCCOCCOCc5ccc(Br)nc5NC3=O)C[C@@H]24)c2ccc(-c3cnc(C)nc3)cc12. The predicted octanol–water partition coefficient (Wildman–Crippen LogP) is 3.72. The second-order valence-electron chi connectivity index (χ2n) is 12.3. The lowest BCUT2D eigenvalue weighted by Gasteiger charge is -2.27. The Hall–Kier alpha value is -4.11. The summed E-state index contributed by atoms with van der Waals surface area (Å²) < 4.78 is 19.5. The molecule has 244 valence electrons. The maximum atomic E-state index is 14.2. The zero-order valence-electron chi connectivity index (χ0n) is 26.1. The van der Waals surface area contributed by atoms with Crippen LogP contribution < -0.4 is 5.32 Å². The summed E-state index contributed by atoms with van der Waals surface area (Å²) in [5, 5.41) is 8.18. The van der Waals surface area contributed by atoms with Crippen LogP contribution in [0.3, 0.4) is 0 Å². The topological polar surface area (TPSA) is 151 Å². The van der Waals surface area contributed by atoms with Crippen molar-refractivity contribution in [1.29, 1.82) is 0 Å². The number of carbonyl (C=O) groups excluding carboxylic acids is 3. The van der Waals surface area contributed by atoms with Gasteiger partial charge in [0.25, 0.3) is 0 Å². The van der Waals surface area contributed by atoms with E-state index in [9.17, 15) is 14.4 Å². The summed E-state index contributed by atoms with van der Waals surface area (Å²) >= 11 is 3.40. The maximum absolute atomic E-state index is 14.2. The molecule has 3 atom stereocenters. The number of nitrogens with zero attached hydrogens (tertiary/aromatic N) is 6. The lowest BCUT2D eigenvalue weighted by molar-refractivity contribution is -0.138. The fourth-order valence-electron chi connectivity index (χ4n) is 6.60. The Morgan fingerprint density at radius 3 is 2.57 bits per heavy atom. The zero-order valence-corrected chi connectivity index (χ0v) is 27.7. The van der Waals surface area contributed by atoms with Crippen LogP contribution in [0.5, 0.6) is 0 Å². The van der Waals surface area contributed by atoms with Gasteiger partial charge in [-0.3, -0.25) is 19.1 Å². The number of amides is 2. The highest BCUT2D eigenvalue weighted by molar-refractivity contribution is 9.10. The number of aryl methyl sites for hydroxylation is 1. The van der Waals surface area contributed by atoms with E-state index in [1.807, 2.05) is 31.2 Å². The van der Waals surface area contributed by atoms with Crippen LogP contribution in [0.1, 0.15) is 41.6 Å². The first-order valence-electron chi connectivity index (χ1n) is 15.5. The first-order valence-corrected chi connectivity index (χ1v) is 16.3. The Bertz CT molecular complexity index is 1860. The molecule has 1 saturated heterocycles. The third kappa shape index (κ3) is 6.30. The van der Waals surface area contributed by atoms with Gasteiger partial charge in [0.05, 0.1) is 45.2 Å². The van der Waals surface area contributed by atoms with Gasteiger partial charge in [-0.25, -0.2) is 15.0 Å². The number of rotatable bonds is 4. The molecule has 1 spiro atoms. The van der Waals surface area contributed by atoms with Gasteiger partial charge in [-0.15, -0.1) is 0 Å². The van der Waals surface area contributed by atoms with Crippen LogP contribution in [-0.2, 0) is 37.0 Å². The van der Waals surface area contributed by atoms with Crippen LogP contribution >= 0.6 is 15.9 Å². The molecule has 7 rings (SSSR count). The van der Waals surface area contributed by atoms with Gasteiger partial charge in [-0.1, -0.05) is 12.1 Å². The van der Waals surface area contributed by atoms with Crippen molar-refractivity contribution >= 4 is 50.2 Å². The van der Waals surface area contributed by atoms with E-state index in [1.54, 1.807) is 28.0 Å². The summed E-state index contributed by atoms with van der Waals surface area (Å²) in [5.74, 6) is 0.217. The fraction of sp³-hybridized carbons (Fsp3) is 0.424. The third-order valence-electron chi connectivity index (χ3n) is 9.07. The highest BCUT2D eigenvalue weighted by atomic mass is 79.9. The van der Waals surface area contributed by atoms with Crippen molar-refractivity contribution in [3.05, 3.63) is 64.4 Å². The zero-order chi connectivity index (χ0) is 32.7. The number of aromatic nitrogens is 5. The Balaban J connectivity index is 1.19. The molecule has 4 aromatic rings. The van der Waals surface area contributed by atoms with Crippen molar-refractivity contribution in [2.45, 2.75) is 51.9 Å². The van der Waals surface area contributed by atoms with Gasteiger partial charge in [-0.2, -0.15) is 5.10 Å². The maximum Gasteiger partial charge on any atom is 0.248 e. The van der Waals surface area contributed by atoms with E-state index >= 15 is 0 Å². The normalized spacial score (nSPS) is 23.2. The van der Waals surface area contributed by atoms with Crippen LogP contribution in [0.4, 0.5) is 5.82 Å². The molecule has 13 nitrogen and oxygen atoms in total. The summed E-state index contributed by atoms with van der Waals surface area (Å²) in [5.41, 5.74) is 2.92. The van der Waals surface area contributed by atoms with E-state index in [1.165, 1.54) is 6.92 Å². The first kappa shape index (κ1) is 31.5. The summed E-state index contributed by atoms with van der Waals surface area (Å²) in [6.07, 6.45) is 4.65. The minimum atomic E-state index is -0.745. The fourth-order valence-corrected chi connectivity index (χ4v) is 6.90. The molecule has 2 fully saturated rings. The molecular formula is C33H34BrN7O6.